The molecule has 2 N–H and O–H groups in total. The van der Waals surface area contributed by atoms with E-state index >= 15 is 0 Å². The molecule has 0 spiro atoms. The summed E-state index contributed by atoms with van der Waals surface area (Å²) in [4.78, 5) is 12.1. The highest BCUT2D eigenvalue weighted by molar-refractivity contribution is 5.86. The van der Waals surface area contributed by atoms with Crippen molar-refractivity contribution in [3.05, 3.63) is 48.0 Å². The zero-order valence-electron chi connectivity index (χ0n) is 12.1. The summed E-state index contributed by atoms with van der Waals surface area (Å²) in [6, 6.07) is 14.5. The maximum atomic E-state index is 12.1. The summed E-state index contributed by atoms with van der Waals surface area (Å²) in [5.74, 6) is 0.734. The van der Waals surface area contributed by atoms with Crippen LogP contribution in [0.2, 0.25) is 0 Å². The molecule has 112 valence electrons. The fourth-order valence-electron chi connectivity index (χ4n) is 2.67. The van der Waals surface area contributed by atoms with Crippen molar-refractivity contribution in [1.82, 2.24) is 10.6 Å². The van der Waals surface area contributed by atoms with Crippen molar-refractivity contribution in [3.8, 4) is 0 Å². The third-order valence-electron chi connectivity index (χ3n) is 4.27. The average Bonchev–Trinajstić information content (AvgIpc) is 2.42. The van der Waals surface area contributed by atoms with Gasteiger partial charge in [0.2, 0.25) is 5.91 Å². The molecule has 1 fully saturated rings. The molecule has 0 saturated carbocycles. The van der Waals surface area contributed by atoms with E-state index in [1.165, 1.54) is 16.3 Å². The molecular weight excluding hydrogens is 284 g/mol. The van der Waals surface area contributed by atoms with Crippen LogP contribution in [0.1, 0.15) is 12.5 Å². The smallest absolute Gasteiger partial charge is 0.223 e. The molecule has 0 aliphatic carbocycles. The van der Waals surface area contributed by atoms with Gasteiger partial charge in [-0.15, -0.1) is 12.4 Å². The quantitative estimate of drug-likeness (QED) is 0.912. The summed E-state index contributed by atoms with van der Waals surface area (Å²) >= 11 is 0. The Morgan fingerprint density at radius 2 is 1.95 bits per heavy atom. The Morgan fingerprint density at radius 1 is 1.24 bits per heavy atom. The first kappa shape index (κ1) is 15.8. The van der Waals surface area contributed by atoms with Crippen LogP contribution in [0.5, 0.6) is 0 Å². The Morgan fingerprint density at radius 3 is 2.67 bits per heavy atom. The summed E-state index contributed by atoms with van der Waals surface area (Å²) in [5, 5.41) is 8.72. The lowest BCUT2D eigenvalue weighted by atomic mass is 9.88. The van der Waals surface area contributed by atoms with Gasteiger partial charge in [0.05, 0.1) is 0 Å². The SMILES string of the molecule is CC(C(=O)NCc1cccc2ccccc12)C1CNC1.Cl. The lowest BCUT2D eigenvalue weighted by molar-refractivity contribution is -0.126. The fourth-order valence-corrected chi connectivity index (χ4v) is 2.67. The van der Waals surface area contributed by atoms with E-state index in [4.69, 9.17) is 0 Å². The predicted octanol–water partition coefficient (Wildman–Crippen LogP) is 2.73. The summed E-state index contributed by atoms with van der Waals surface area (Å²) in [6.45, 7) is 4.54. The molecule has 3 nitrogen and oxygen atoms in total. The van der Waals surface area contributed by atoms with Gasteiger partial charge < -0.3 is 10.6 Å². The van der Waals surface area contributed by atoms with Crippen LogP contribution in [0, 0.1) is 11.8 Å². The Bertz CT molecular complexity index is 620. The Hall–Kier alpha value is -1.58. The maximum Gasteiger partial charge on any atom is 0.223 e. The predicted molar refractivity (Wildman–Crippen MR) is 88.6 cm³/mol. The molecule has 1 unspecified atom stereocenters. The van der Waals surface area contributed by atoms with Crippen LogP contribution in [-0.2, 0) is 11.3 Å². The zero-order chi connectivity index (χ0) is 13.9. The van der Waals surface area contributed by atoms with Crippen LogP contribution >= 0.6 is 12.4 Å². The molecule has 2 aromatic rings. The fraction of sp³-hybridized carbons (Fsp3) is 0.353. The number of nitrogens with one attached hydrogen (secondary N) is 2. The molecule has 1 saturated heterocycles. The lowest BCUT2D eigenvalue weighted by Gasteiger charge is -2.31. The van der Waals surface area contributed by atoms with E-state index in [9.17, 15) is 4.79 Å². The van der Waals surface area contributed by atoms with Gasteiger partial charge in [-0.1, -0.05) is 49.4 Å². The molecule has 0 aromatic heterocycles. The number of carbonyl (C=O) groups is 1. The standard InChI is InChI=1S/C17H20N2O.ClH/c1-12(15-9-18-10-15)17(20)19-11-14-7-4-6-13-5-2-3-8-16(13)14;/h2-8,12,15,18H,9-11H2,1H3,(H,19,20);1H. The first-order valence-electron chi connectivity index (χ1n) is 7.21. The number of halogens is 1. The van der Waals surface area contributed by atoms with Gasteiger partial charge in [0, 0.05) is 12.5 Å². The molecule has 0 bridgehead atoms. The molecular formula is C17H21ClN2O. The summed E-state index contributed by atoms with van der Waals surface area (Å²) < 4.78 is 0. The van der Waals surface area contributed by atoms with E-state index in [1.54, 1.807) is 0 Å². The highest BCUT2D eigenvalue weighted by Crippen LogP contribution is 2.19. The number of carbonyl (C=O) groups excluding carboxylic acids is 1. The number of fused-ring (bicyclic) bond motifs is 1. The zero-order valence-corrected chi connectivity index (χ0v) is 13.0. The second kappa shape index (κ2) is 6.92. The van der Waals surface area contributed by atoms with Gasteiger partial charge in [-0.2, -0.15) is 0 Å². The van der Waals surface area contributed by atoms with Crippen LogP contribution in [0.3, 0.4) is 0 Å². The van der Waals surface area contributed by atoms with Gasteiger partial charge in [-0.3, -0.25) is 4.79 Å². The van der Waals surface area contributed by atoms with Gasteiger partial charge in [0.25, 0.3) is 0 Å². The van der Waals surface area contributed by atoms with E-state index in [-0.39, 0.29) is 24.2 Å². The summed E-state index contributed by atoms with van der Waals surface area (Å²) in [6.07, 6.45) is 0. The van der Waals surface area contributed by atoms with E-state index in [0.717, 1.165) is 13.1 Å². The average molecular weight is 305 g/mol. The topological polar surface area (TPSA) is 41.1 Å². The minimum Gasteiger partial charge on any atom is -0.352 e. The van der Waals surface area contributed by atoms with Crippen LogP contribution in [0.4, 0.5) is 0 Å². The maximum absolute atomic E-state index is 12.1. The minimum atomic E-state index is 0. The Kier molecular flexibility index (Phi) is 5.21. The van der Waals surface area contributed by atoms with Gasteiger partial charge in [0.1, 0.15) is 0 Å². The van der Waals surface area contributed by atoms with Crippen molar-refractivity contribution in [1.29, 1.82) is 0 Å². The lowest BCUT2D eigenvalue weighted by Crippen LogP contribution is -2.49. The van der Waals surface area contributed by atoms with E-state index in [0.29, 0.717) is 12.5 Å². The molecule has 4 heteroatoms. The first-order chi connectivity index (χ1) is 9.75. The molecule has 21 heavy (non-hydrogen) atoms. The molecule has 1 heterocycles. The molecule has 3 rings (SSSR count). The number of rotatable bonds is 4. The van der Waals surface area contributed by atoms with Gasteiger partial charge in [-0.25, -0.2) is 0 Å². The largest absolute Gasteiger partial charge is 0.352 e. The minimum absolute atomic E-state index is 0. The van der Waals surface area contributed by atoms with Crippen molar-refractivity contribution >= 4 is 29.1 Å². The van der Waals surface area contributed by atoms with Crippen molar-refractivity contribution < 1.29 is 4.79 Å². The molecule has 2 aromatic carbocycles. The molecule has 1 aliphatic heterocycles. The Labute approximate surface area is 131 Å². The van der Waals surface area contributed by atoms with Crippen LogP contribution in [0.15, 0.2) is 42.5 Å². The van der Waals surface area contributed by atoms with E-state index < -0.39 is 0 Å². The molecule has 1 aliphatic rings. The first-order valence-corrected chi connectivity index (χ1v) is 7.21. The number of amides is 1. The normalized spacial score (nSPS) is 15.9. The van der Waals surface area contributed by atoms with Crippen molar-refractivity contribution in [2.75, 3.05) is 13.1 Å². The number of hydrogen-bond acceptors (Lipinski definition) is 2. The summed E-state index contributed by atoms with van der Waals surface area (Å²) in [7, 11) is 0. The second-order valence-corrected chi connectivity index (χ2v) is 5.56. The van der Waals surface area contributed by atoms with Crippen LogP contribution in [0.25, 0.3) is 10.8 Å². The van der Waals surface area contributed by atoms with Crippen molar-refractivity contribution in [3.63, 3.8) is 0 Å². The summed E-state index contributed by atoms with van der Waals surface area (Å²) in [5.41, 5.74) is 1.18. The number of hydrogen-bond donors (Lipinski definition) is 2. The third-order valence-corrected chi connectivity index (χ3v) is 4.27. The Balaban J connectivity index is 0.00000161. The van der Waals surface area contributed by atoms with E-state index in [1.807, 2.05) is 25.1 Å². The van der Waals surface area contributed by atoms with E-state index in [2.05, 4.69) is 34.9 Å². The highest BCUT2D eigenvalue weighted by atomic mass is 35.5. The monoisotopic (exact) mass is 304 g/mol. The highest BCUT2D eigenvalue weighted by Gasteiger charge is 2.28. The van der Waals surface area contributed by atoms with Gasteiger partial charge >= 0.3 is 0 Å². The molecule has 1 amide bonds. The van der Waals surface area contributed by atoms with Gasteiger partial charge in [-0.05, 0) is 35.3 Å². The third kappa shape index (κ3) is 3.36. The van der Waals surface area contributed by atoms with Crippen molar-refractivity contribution in [2.45, 2.75) is 13.5 Å². The van der Waals surface area contributed by atoms with Crippen molar-refractivity contribution in [2.24, 2.45) is 11.8 Å². The van der Waals surface area contributed by atoms with Gasteiger partial charge in [0.15, 0.2) is 0 Å². The van der Waals surface area contributed by atoms with Crippen LogP contribution in [-0.4, -0.2) is 19.0 Å². The molecule has 0 radical (unpaired) electrons. The second-order valence-electron chi connectivity index (χ2n) is 5.56. The van der Waals surface area contributed by atoms with Crippen LogP contribution < -0.4 is 10.6 Å². The number of benzene rings is 2. The molecule has 1 atom stereocenters.